The lowest BCUT2D eigenvalue weighted by molar-refractivity contribution is -0.900. The number of hydrogen-bond acceptors (Lipinski definition) is 2. The fourth-order valence-corrected chi connectivity index (χ4v) is 3.87. The SMILES string of the molecule is O[C@](CC#CC[NH+]1CCOCC1)(c1ccccc1)c1ccc(-c2ccccc2)cc1. The lowest BCUT2D eigenvalue weighted by Crippen LogP contribution is -3.14. The molecule has 2 N–H and O–H groups in total. The van der Waals surface area contributed by atoms with Gasteiger partial charge < -0.3 is 14.7 Å². The van der Waals surface area contributed by atoms with Crippen LogP contribution in [0, 0.1) is 11.8 Å². The fourth-order valence-electron chi connectivity index (χ4n) is 3.87. The number of hydrogen-bond donors (Lipinski definition) is 2. The molecule has 1 aliphatic heterocycles. The number of aliphatic hydroxyl groups is 1. The van der Waals surface area contributed by atoms with Gasteiger partial charge in [-0.15, -0.1) is 0 Å². The molecular formula is C27H28NO2+. The van der Waals surface area contributed by atoms with Crippen LogP contribution in [0.1, 0.15) is 17.5 Å². The Kier molecular flexibility index (Phi) is 6.61. The number of quaternary nitrogens is 1. The summed E-state index contributed by atoms with van der Waals surface area (Å²) in [5, 5.41) is 11.7. The zero-order chi connectivity index (χ0) is 20.7. The Morgan fingerprint density at radius 2 is 1.30 bits per heavy atom. The molecule has 4 rings (SSSR count). The van der Waals surface area contributed by atoms with E-state index in [4.69, 9.17) is 4.74 Å². The highest BCUT2D eigenvalue weighted by Gasteiger charge is 2.30. The predicted octanol–water partition coefficient (Wildman–Crippen LogP) is 2.90. The quantitative estimate of drug-likeness (QED) is 0.648. The molecule has 1 heterocycles. The van der Waals surface area contributed by atoms with Crippen molar-refractivity contribution in [2.45, 2.75) is 12.0 Å². The van der Waals surface area contributed by atoms with E-state index in [-0.39, 0.29) is 0 Å². The van der Waals surface area contributed by atoms with Gasteiger partial charge in [-0.2, -0.15) is 0 Å². The number of benzene rings is 3. The van der Waals surface area contributed by atoms with Crippen molar-refractivity contribution in [3.8, 4) is 23.0 Å². The van der Waals surface area contributed by atoms with Crippen LogP contribution in [0.3, 0.4) is 0 Å². The van der Waals surface area contributed by atoms with Gasteiger partial charge in [0.1, 0.15) is 25.2 Å². The first-order valence-corrected chi connectivity index (χ1v) is 10.6. The van der Waals surface area contributed by atoms with Gasteiger partial charge in [0, 0.05) is 6.42 Å². The van der Waals surface area contributed by atoms with Crippen LogP contribution in [0.25, 0.3) is 11.1 Å². The second-order valence-electron chi connectivity index (χ2n) is 7.74. The van der Waals surface area contributed by atoms with Gasteiger partial charge in [-0.1, -0.05) is 90.8 Å². The minimum Gasteiger partial charge on any atom is -0.379 e. The Balaban J connectivity index is 1.57. The van der Waals surface area contributed by atoms with Crippen molar-refractivity contribution in [2.24, 2.45) is 0 Å². The molecule has 152 valence electrons. The predicted molar refractivity (Wildman–Crippen MR) is 120 cm³/mol. The summed E-state index contributed by atoms with van der Waals surface area (Å²) in [7, 11) is 0. The molecule has 0 bridgehead atoms. The third-order valence-electron chi connectivity index (χ3n) is 5.73. The Bertz CT molecular complexity index is 984. The van der Waals surface area contributed by atoms with Gasteiger partial charge in [0.15, 0.2) is 0 Å². The summed E-state index contributed by atoms with van der Waals surface area (Å²) in [6, 6.07) is 28.3. The molecule has 1 aliphatic rings. The van der Waals surface area contributed by atoms with Gasteiger partial charge >= 0.3 is 0 Å². The van der Waals surface area contributed by atoms with Gasteiger partial charge in [0.2, 0.25) is 0 Å². The Labute approximate surface area is 178 Å². The van der Waals surface area contributed by atoms with E-state index in [1.807, 2.05) is 60.7 Å². The molecule has 0 aromatic heterocycles. The standard InChI is InChI=1S/C27H27NO2/c29-27(25-11-5-2-6-12-25,17-7-8-18-28-19-21-30-22-20-28)26-15-13-24(14-16-26)23-9-3-1-4-10-23/h1-6,9-16,29H,17-22H2/p+1/t27-/m1/s1. The summed E-state index contributed by atoms with van der Waals surface area (Å²) in [6.45, 7) is 4.40. The second kappa shape index (κ2) is 9.73. The smallest absolute Gasteiger partial charge is 0.139 e. The minimum atomic E-state index is -1.14. The Morgan fingerprint density at radius 3 is 1.97 bits per heavy atom. The summed E-state index contributed by atoms with van der Waals surface area (Å²) in [6.07, 6.45) is 0.367. The van der Waals surface area contributed by atoms with E-state index in [9.17, 15) is 5.11 Å². The van der Waals surface area contributed by atoms with Crippen LogP contribution in [-0.4, -0.2) is 38.0 Å². The van der Waals surface area contributed by atoms with Crippen LogP contribution in [0.4, 0.5) is 0 Å². The van der Waals surface area contributed by atoms with Crippen LogP contribution < -0.4 is 4.90 Å². The maximum Gasteiger partial charge on any atom is 0.139 e. The summed E-state index contributed by atoms with van der Waals surface area (Å²) >= 11 is 0. The van der Waals surface area contributed by atoms with E-state index in [1.165, 1.54) is 10.5 Å². The lowest BCUT2D eigenvalue weighted by Gasteiger charge is -2.28. The van der Waals surface area contributed by atoms with Crippen molar-refractivity contribution in [2.75, 3.05) is 32.8 Å². The van der Waals surface area contributed by atoms with Crippen molar-refractivity contribution < 1.29 is 14.7 Å². The first-order valence-electron chi connectivity index (χ1n) is 10.6. The van der Waals surface area contributed by atoms with Gasteiger partial charge in [-0.05, 0) is 28.2 Å². The number of ether oxygens (including phenoxy) is 1. The molecule has 0 unspecified atom stereocenters. The molecule has 30 heavy (non-hydrogen) atoms. The summed E-state index contributed by atoms with van der Waals surface area (Å²) < 4.78 is 5.41. The lowest BCUT2D eigenvalue weighted by atomic mass is 9.83. The summed E-state index contributed by atoms with van der Waals surface area (Å²) in [4.78, 5) is 1.45. The molecule has 0 amide bonds. The van der Waals surface area contributed by atoms with Crippen molar-refractivity contribution in [3.05, 3.63) is 96.1 Å². The maximum absolute atomic E-state index is 11.7. The number of morpholine rings is 1. The maximum atomic E-state index is 11.7. The van der Waals surface area contributed by atoms with Gasteiger partial charge in [-0.3, -0.25) is 0 Å². The molecule has 3 heteroatoms. The first-order chi connectivity index (χ1) is 14.8. The first kappa shape index (κ1) is 20.4. The third-order valence-corrected chi connectivity index (χ3v) is 5.73. The molecule has 3 nitrogen and oxygen atoms in total. The van der Waals surface area contributed by atoms with E-state index < -0.39 is 5.60 Å². The van der Waals surface area contributed by atoms with E-state index in [2.05, 4.69) is 36.1 Å². The minimum absolute atomic E-state index is 0.367. The molecule has 0 aliphatic carbocycles. The molecule has 3 aromatic carbocycles. The van der Waals surface area contributed by atoms with E-state index in [1.54, 1.807) is 0 Å². The second-order valence-corrected chi connectivity index (χ2v) is 7.74. The molecule has 1 saturated heterocycles. The molecule has 0 radical (unpaired) electrons. The van der Waals surface area contributed by atoms with Crippen LogP contribution >= 0.6 is 0 Å². The average molecular weight is 399 g/mol. The van der Waals surface area contributed by atoms with Crippen LogP contribution in [-0.2, 0) is 10.3 Å². The van der Waals surface area contributed by atoms with Crippen LogP contribution in [0.15, 0.2) is 84.9 Å². The highest BCUT2D eigenvalue weighted by Crippen LogP contribution is 2.34. The molecule has 0 saturated carbocycles. The van der Waals surface area contributed by atoms with Crippen LogP contribution in [0.2, 0.25) is 0 Å². The van der Waals surface area contributed by atoms with Gasteiger partial charge in [0.05, 0.1) is 13.2 Å². The Morgan fingerprint density at radius 1 is 0.733 bits per heavy atom. The molecule has 0 spiro atoms. The number of rotatable bonds is 5. The summed E-state index contributed by atoms with van der Waals surface area (Å²) in [5.41, 5.74) is 2.90. The largest absolute Gasteiger partial charge is 0.379 e. The van der Waals surface area contributed by atoms with Crippen molar-refractivity contribution in [3.63, 3.8) is 0 Å². The normalized spacial score (nSPS) is 16.3. The van der Waals surface area contributed by atoms with Crippen molar-refractivity contribution in [1.29, 1.82) is 0 Å². The van der Waals surface area contributed by atoms with Crippen molar-refractivity contribution >= 4 is 0 Å². The zero-order valence-corrected chi connectivity index (χ0v) is 17.2. The number of nitrogens with one attached hydrogen (secondary N) is 1. The molecule has 1 fully saturated rings. The highest BCUT2D eigenvalue weighted by molar-refractivity contribution is 5.64. The van der Waals surface area contributed by atoms with E-state index in [0.717, 1.165) is 49.5 Å². The average Bonchev–Trinajstić information content (AvgIpc) is 2.83. The fraction of sp³-hybridized carbons (Fsp3) is 0.259. The summed E-state index contributed by atoms with van der Waals surface area (Å²) in [5.74, 6) is 6.54. The monoisotopic (exact) mass is 398 g/mol. The molecular weight excluding hydrogens is 370 g/mol. The van der Waals surface area contributed by atoms with Gasteiger partial charge in [0.25, 0.3) is 0 Å². The topological polar surface area (TPSA) is 33.9 Å². The van der Waals surface area contributed by atoms with Crippen LogP contribution in [0.5, 0.6) is 0 Å². The third kappa shape index (κ3) is 4.80. The Hall–Kier alpha value is -2.90. The molecule has 3 aromatic rings. The van der Waals surface area contributed by atoms with E-state index in [0.29, 0.717) is 6.42 Å². The van der Waals surface area contributed by atoms with Gasteiger partial charge in [-0.25, -0.2) is 0 Å². The van der Waals surface area contributed by atoms with Crippen molar-refractivity contribution in [1.82, 2.24) is 0 Å². The zero-order valence-electron chi connectivity index (χ0n) is 17.2. The molecule has 1 atom stereocenters. The van der Waals surface area contributed by atoms with E-state index >= 15 is 0 Å². The highest BCUT2D eigenvalue weighted by atomic mass is 16.5.